The van der Waals surface area contributed by atoms with Gasteiger partial charge in [0, 0.05) is 13.1 Å². The molecule has 92 valence electrons. The summed E-state index contributed by atoms with van der Waals surface area (Å²) in [4.78, 5) is 11.6. The molecule has 1 aromatic heterocycles. The minimum Gasteiger partial charge on any atom is -0.459 e. The first-order valence-corrected chi connectivity index (χ1v) is 6.07. The Hall–Kier alpha value is -1.40. The van der Waals surface area contributed by atoms with Crippen LogP contribution in [0.3, 0.4) is 0 Å². The maximum absolute atomic E-state index is 11.6. The molecule has 0 aromatic carbocycles. The quantitative estimate of drug-likeness (QED) is 0.778. The van der Waals surface area contributed by atoms with Gasteiger partial charge >= 0.3 is 0 Å². The van der Waals surface area contributed by atoms with Gasteiger partial charge in [-0.05, 0) is 37.2 Å². The maximum atomic E-state index is 11.6. The van der Waals surface area contributed by atoms with Crippen LogP contribution in [0.2, 0.25) is 0 Å². The minimum atomic E-state index is -0.329. The molecule has 0 spiro atoms. The van der Waals surface area contributed by atoms with Crippen LogP contribution in [0.15, 0.2) is 22.8 Å². The molecule has 0 bridgehead atoms. The summed E-state index contributed by atoms with van der Waals surface area (Å²) in [5.74, 6) is -0.0719. The second-order valence-corrected chi connectivity index (χ2v) is 4.33. The number of hydrogen-bond acceptors (Lipinski definition) is 4. The summed E-state index contributed by atoms with van der Waals surface area (Å²) >= 11 is 5.06. The molecule has 2 heterocycles. The zero-order valence-electron chi connectivity index (χ0n) is 9.44. The van der Waals surface area contributed by atoms with Crippen LogP contribution in [0.5, 0.6) is 0 Å². The number of rotatable bonds is 2. The molecule has 0 radical (unpaired) electrons. The Labute approximate surface area is 105 Å². The lowest BCUT2D eigenvalue weighted by molar-refractivity contribution is 0.0945. The first-order valence-electron chi connectivity index (χ1n) is 5.66. The molecule has 2 N–H and O–H groups in total. The number of amides is 1. The molecular weight excluding hydrogens is 238 g/mol. The number of thiocarbonyl (C=S) groups is 1. The number of nitrogens with zero attached hydrogens (tertiary/aromatic N) is 1. The van der Waals surface area contributed by atoms with E-state index < -0.39 is 0 Å². The van der Waals surface area contributed by atoms with Gasteiger partial charge in [-0.25, -0.2) is 5.01 Å². The van der Waals surface area contributed by atoms with Gasteiger partial charge in [0.2, 0.25) is 0 Å². The van der Waals surface area contributed by atoms with E-state index in [9.17, 15) is 4.79 Å². The zero-order valence-corrected chi connectivity index (χ0v) is 10.3. The first kappa shape index (κ1) is 12.1. The van der Waals surface area contributed by atoms with Crippen molar-refractivity contribution in [3.8, 4) is 0 Å². The molecule has 5 nitrogen and oxygen atoms in total. The average Bonchev–Trinajstić information content (AvgIpc) is 2.83. The topological polar surface area (TPSA) is 57.5 Å². The van der Waals surface area contributed by atoms with Crippen LogP contribution in [0.4, 0.5) is 0 Å². The number of carbonyl (C=O) groups excluding carboxylic acids is 1. The fraction of sp³-hybridized carbons (Fsp3) is 0.455. The Balaban J connectivity index is 1.78. The predicted octanol–water partition coefficient (Wildman–Crippen LogP) is 1.28. The second kappa shape index (κ2) is 5.79. The Morgan fingerprint density at radius 3 is 2.76 bits per heavy atom. The van der Waals surface area contributed by atoms with Crippen molar-refractivity contribution in [2.24, 2.45) is 0 Å². The van der Waals surface area contributed by atoms with E-state index in [1.54, 1.807) is 12.1 Å². The van der Waals surface area contributed by atoms with E-state index in [2.05, 4.69) is 10.7 Å². The van der Waals surface area contributed by atoms with Crippen molar-refractivity contribution in [1.82, 2.24) is 15.8 Å². The third-order valence-corrected chi connectivity index (χ3v) is 2.78. The van der Waals surface area contributed by atoms with Crippen LogP contribution in [0.25, 0.3) is 0 Å². The molecule has 2 rings (SSSR count). The summed E-state index contributed by atoms with van der Waals surface area (Å²) in [6, 6.07) is 3.26. The van der Waals surface area contributed by atoms with E-state index in [4.69, 9.17) is 16.6 Å². The highest BCUT2D eigenvalue weighted by Crippen LogP contribution is 2.05. The van der Waals surface area contributed by atoms with E-state index in [0.717, 1.165) is 25.9 Å². The van der Waals surface area contributed by atoms with Crippen molar-refractivity contribution in [1.29, 1.82) is 0 Å². The summed E-state index contributed by atoms with van der Waals surface area (Å²) in [7, 11) is 0. The van der Waals surface area contributed by atoms with Gasteiger partial charge < -0.3 is 4.42 Å². The van der Waals surface area contributed by atoms with Crippen LogP contribution in [-0.2, 0) is 0 Å². The molecule has 17 heavy (non-hydrogen) atoms. The molecule has 1 fully saturated rings. The molecule has 0 atom stereocenters. The summed E-state index contributed by atoms with van der Waals surface area (Å²) < 4.78 is 4.97. The Morgan fingerprint density at radius 1 is 1.35 bits per heavy atom. The van der Waals surface area contributed by atoms with Crippen LogP contribution >= 0.6 is 12.2 Å². The average molecular weight is 253 g/mol. The van der Waals surface area contributed by atoms with Gasteiger partial charge in [-0.2, -0.15) is 0 Å². The lowest BCUT2D eigenvalue weighted by Crippen LogP contribution is -2.50. The van der Waals surface area contributed by atoms with Gasteiger partial charge in [0.25, 0.3) is 5.91 Å². The first-order chi connectivity index (χ1) is 8.25. The third kappa shape index (κ3) is 3.54. The Bertz CT molecular complexity index is 385. The molecular formula is C11H15N3O2S. The predicted molar refractivity (Wildman–Crippen MR) is 67.3 cm³/mol. The number of furan rings is 1. The molecule has 1 aromatic rings. The lowest BCUT2D eigenvalue weighted by atomic mass is 10.2. The monoisotopic (exact) mass is 253 g/mol. The smallest absolute Gasteiger partial charge is 0.293 e. The second-order valence-electron chi connectivity index (χ2n) is 3.92. The summed E-state index contributed by atoms with van der Waals surface area (Å²) in [6.45, 7) is 1.91. The largest absolute Gasteiger partial charge is 0.459 e. The standard InChI is InChI=1S/C11H15N3O2S/c15-10(9-5-4-8-16-9)12-11(17)13-14-6-2-1-3-7-14/h4-5,8H,1-3,6-7H2,(H2,12,13,15,17). The molecule has 1 saturated heterocycles. The lowest BCUT2D eigenvalue weighted by Gasteiger charge is -2.27. The highest BCUT2D eigenvalue weighted by atomic mass is 32.1. The van der Waals surface area contributed by atoms with Crippen LogP contribution in [0, 0.1) is 0 Å². The molecule has 0 saturated carbocycles. The van der Waals surface area contributed by atoms with E-state index >= 15 is 0 Å². The number of nitrogens with one attached hydrogen (secondary N) is 2. The summed E-state index contributed by atoms with van der Waals surface area (Å²) in [6.07, 6.45) is 5.02. The summed E-state index contributed by atoms with van der Waals surface area (Å²) in [5.41, 5.74) is 3.00. The highest BCUT2D eigenvalue weighted by Gasteiger charge is 2.14. The van der Waals surface area contributed by atoms with E-state index in [0.29, 0.717) is 5.11 Å². The van der Waals surface area contributed by atoms with Gasteiger partial charge in [0.15, 0.2) is 10.9 Å². The van der Waals surface area contributed by atoms with Crippen LogP contribution in [-0.4, -0.2) is 29.1 Å². The number of carbonyl (C=O) groups is 1. The molecule has 1 aliphatic heterocycles. The number of hydrogen-bond donors (Lipinski definition) is 2. The number of piperidine rings is 1. The summed E-state index contributed by atoms with van der Waals surface area (Å²) in [5, 5.41) is 4.91. The van der Waals surface area contributed by atoms with Gasteiger partial charge in [-0.1, -0.05) is 6.42 Å². The van der Waals surface area contributed by atoms with Crippen molar-refractivity contribution < 1.29 is 9.21 Å². The van der Waals surface area contributed by atoms with Gasteiger partial charge in [-0.15, -0.1) is 0 Å². The molecule has 0 aliphatic carbocycles. The molecule has 6 heteroatoms. The zero-order chi connectivity index (χ0) is 12.1. The molecule has 1 amide bonds. The molecule has 0 unspecified atom stereocenters. The Morgan fingerprint density at radius 2 is 2.12 bits per heavy atom. The normalized spacial score (nSPS) is 16.5. The van der Waals surface area contributed by atoms with E-state index in [1.807, 2.05) is 5.01 Å². The fourth-order valence-electron chi connectivity index (χ4n) is 1.75. The van der Waals surface area contributed by atoms with Gasteiger partial charge in [-0.3, -0.25) is 15.5 Å². The third-order valence-electron chi connectivity index (χ3n) is 2.59. The highest BCUT2D eigenvalue weighted by molar-refractivity contribution is 7.80. The van der Waals surface area contributed by atoms with Crippen LogP contribution in [0.1, 0.15) is 29.8 Å². The van der Waals surface area contributed by atoms with E-state index in [1.165, 1.54) is 12.7 Å². The Kier molecular flexibility index (Phi) is 4.11. The molecule has 1 aliphatic rings. The SMILES string of the molecule is O=C(NC(=S)NN1CCCCC1)c1ccco1. The van der Waals surface area contributed by atoms with E-state index in [-0.39, 0.29) is 11.7 Å². The number of hydrazine groups is 1. The van der Waals surface area contributed by atoms with Crippen molar-refractivity contribution in [2.75, 3.05) is 13.1 Å². The van der Waals surface area contributed by atoms with Gasteiger partial charge in [0.1, 0.15) is 0 Å². The van der Waals surface area contributed by atoms with Crippen molar-refractivity contribution >= 4 is 23.2 Å². The van der Waals surface area contributed by atoms with Crippen molar-refractivity contribution in [2.45, 2.75) is 19.3 Å². The fourth-order valence-corrected chi connectivity index (χ4v) is 1.97. The maximum Gasteiger partial charge on any atom is 0.293 e. The van der Waals surface area contributed by atoms with Gasteiger partial charge in [0.05, 0.1) is 6.26 Å². The van der Waals surface area contributed by atoms with Crippen molar-refractivity contribution in [3.63, 3.8) is 0 Å². The van der Waals surface area contributed by atoms with Crippen molar-refractivity contribution in [3.05, 3.63) is 24.2 Å². The van der Waals surface area contributed by atoms with Crippen LogP contribution < -0.4 is 10.7 Å². The minimum absolute atomic E-state index is 0.257.